The molecule has 0 saturated heterocycles. The molecule has 110 valence electrons. The van der Waals surface area contributed by atoms with Crippen LogP contribution in [-0.2, 0) is 0 Å². The second-order valence-electron chi connectivity index (χ2n) is 6.31. The van der Waals surface area contributed by atoms with E-state index in [2.05, 4.69) is 25.2 Å². The summed E-state index contributed by atoms with van der Waals surface area (Å²) >= 11 is 0. The Balaban J connectivity index is 1.80. The Hall–Kier alpha value is -2.56. The van der Waals surface area contributed by atoms with Gasteiger partial charge >= 0.3 is 11.4 Å². The molecule has 22 heavy (non-hydrogen) atoms. The van der Waals surface area contributed by atoms with Gasteiger partial charge in [-0.25, -0.2) is 23.5 Å². The van der Waals surface area contributed by atoms with Gasteiger partial charge in [-0.15, -0.1) is 0 Å². The number of benzene rings is 1. The first-order chi connectivity index (χ1) is 10.7. The molecule has 0 saturated carbocycles. The molecule has 6 rings (SSSR count). The fraction of sp³-hybridized carbons (Fsp3) is 0.294. The van der Waals surface area contributed by atoms with Crippen LogP contribution in [0, 0.1) is 11.8 Å². The summed E-state index contributed by atoms with van der Waals surface area (Å²) in [5.41, 5.74) is 1.46. The third kappa shape index (κ3) is 1.21. The lowest BCUT2D eigenvalue weighted by Crippen LogP contribution is -2.51. The van der Waals surface area contributed by atoms with Crippen molar-refractivity contribution in [1.82, 2.24) is 13.9 Å². The highest BCUT2D eigenvalue weighted by Crippen LogP contribution is 2.53. The van der Waals surface area contributed by atoms with E-state index in [1.54, 1.807) is 21.5 Å². The largest absolute Gasteiger partial charge is 0.352 e. The number of rotatable bonds is 1. The topological polar surface area (TPSA) is 48.9 Å². The maximum absolute atomic E-state index is 12.9. The summed E-state index contributed by atoms with van der Waals surface area (Å²) in [6.45, 7) is 2.11. The van der Waals surface area contributed by atoms with Gasteiger partial charge in [-0.3, -0.25) is 0 Å². The van der Waals surface area contributed by atoms with E-state index in [1.807, 2.05) is 18.2 Å². The van der Waals surface area contributed by atoms with Crippen molar-refractivity contribution in [2.75, 3.05) is 0 Å². The van der Waals surface area contributed by atoms with Gasteiger partial charge in [0.2, 0.25) is 0 Å². The predicted octanol–water partition coefficient (Wildman–Crippen LogP) is 1.66. The summed E-state index contributed by atoms with van der Waals surface area (Å²) in [6, 6.07) is 9.07. The highest BCUT2D eigenvalue weighted by molar-refractivity contribution is 5.35. The van der Waals surface area contributed by atoms with E-state index in [-0.39, 0.29) is 23.5 Å². The summed E-state index contributed by atoms with van der Waals surface area (Å²) in [7, 11) is 0. The molecule has 0 amide bonds. The van der Waals surface area contributed by atoms with Gasteiger partial charge in [-0.05, 0) is 19.1 Å². The third-order valence-corrected chi connectivity index (χ3v) is 5.25. The van der Waals surface area contributed by atoms with Crippen molar-refractivity contribution in [2.24, 2.45) is 11.8 Å². The summed E-state index contributed by atoms with van der Waals surface area (Å²) in [5.74, 6) is 0.706. The average Bonchev–Trinajstić information content (AvgIpc) is 2.80. The van der Waals surface area contributed by atoms with Gasteiger partial charge in [0.15, 0.2) is 0 Å². The van der Waals surface area contributed by atoms with E-state index in [1.165, 1.54) is 10.1 Å². The molecule has 5 heteroatoms. The molecule has 0 fully saturated rings. The molecular weight excluding hydrogens is 278 g/mol. The van der Waals surface area contributed by atoms with E-state index >= 15 is 0 Å². The second kappa shape index (κ2) is 3.80. The predicted molar refractivity (Wildman–Crippen MR) is 82.2 cm³/mol. The molecule has 2 bridgehead atoms. The summed E-state index contributed by atoms with van der Waals surface area (Å²) < 4.78 is 4.58. The number of hydrogen-bond acceptors (Lipinski definition) is 2. The van der Waals surface area contributed by atoms with E-state index in [4.69, 9.17) is 0 Å². The highest BCUT2D eigenvalue weighted by Gasteiger charge is 2.50. The lowest BCUT2D eigenvalue weighted by atomic mass is 9.64. The zero-order valence-corrected chi connectivity index (χ0v) is 12.1. The maximum Gasteiger partial charge on any atom is 0.352 e. The van der Waals surface area contributed by atoms with Crippen molar-refractivity contribution < 1.29 is 0 Å². The van der Waals surface area contributed by atoms with Gasteiger partial charge in [0.05, 0.1) is 17.8 Å². The van der Waals surface area contributed by atoms with Crippen LogP contribution in [0.2, 0.25) is 0 Å². The first-order valence-corrected chi connectivity index (χ1v) is 7.56. The van der Waals surface area contributed by atoms with Gasteiger partial charge in [0.1, 0.15) is 0 Å². The highest BCUT2D eigenvalue weighted by atomic mass is 16.2. The van der Waals surface area contributed by atoms with Crippen molar-refractivity contribution in [2.45, 2.75) is 19.0 Å². The van der Waals surface area contributed by atoms with Gasteiger partial charge in [-0.2, -0.15) is 0 Å². The molecule has 2 aromatic rings. The Morgan fingerprint density at radius 2 is 1.55 bits per heavy atom. The molecule has 4 aliphatic rings. The average molecular weight is 293 g/mol. The number of hydrogen-bond donors (Lipinski definition) is 0. The number of nitrogens with zero attached hydrogens (tertiary/aromatic N) is 3. The lowest BCUT2D eigenvalue weighted by Gasteiger charge is -2.50. The van der Waals surface area contributed by atoms with E-state index in [9.17, 15) is 9.59 Å². The van der Waals surface area contributed by atoms with E-state index < -0.39 is 0 Å². The van der Waals surface area contributed by atoms with Crippen LogP contribution in [0.3, 0.4) is 0 Å². The van der Waals surface area contributed by atoms with Crippen molar-refractivity contribution in [1.29, 1.82) is 0 Å². The van der Waals surface area contributed by atoms with E-state index in [0.29, 0.717) is 17.5 Å². The summed E-state index contributed by atoms with van der Waals surface area (Å²) in [6.07, 6.45) is 6.38. The minimum Gasteiger partial charge on any atom is -0.245 e. The molecule has 5 nitrogen and oxygen atoms in total. The molecule has 0 spiro atoms. The summed E-state index contributed by atoms with van der Waals surface area (Å²) in [5, 5.41) is 0. The van der Waals surface area contributed by atoms with Crippen molar-refractivity contribution in [3.05, 3.63) is 75.1 Å². The number of aromatic nitrogens is 3. The first-order valence-electron chi connectivity index (χ1n) is 7.56. The molecule has 1 aromatic carbocycles. The first kappa shape index (κ1) is 12.0. The number of allylic oxidation sites excluding steroid dienone is 4. The SMILES string of the molecule is CC1=C[C@@H]2[C@@H]1[C@H]1C=C[C@H]2n2c(=O)n(-c3ccccc3)c(=O)n21. The Kier molecular flexibility index (Phi) is 2.08. The van der Waals surface area contributed by atoms with E-state index in [0.717, 1.165) is 0 Å². The normalized spacial score (nSPS) is 30.5. The molecule has 1 aromatic heterocycles. The van der Waals surface area contributed by atoms with Crippen LogP contribution in [0.1, 0.15) is 19.0 Å². The smallest absolute Gasteiger partial charge is 0.245 e. The van der Waals surface area contributed by atoms with Crippen LogP contribution in [0.4, 0.5) is 0 Å². The standard InChI is InChI=1S/C17H15N3O2/c1-10-9-12-13-7-8-14(15(10)12)20-17(22)18(16(21)19(13)20)11-5-3-2-4-6-11/h2-9,12-15H,1H3/t12-,13+,14+,15+/m0/s1. The zero-order chi connectivity index (χ0) is 15.0. The quantitative estimate of drug-likeness (QED) is 0.751. The Bertz CT molecular complexity index is 958. The summed E-state index contributed by atoms with van der Waals surface area (Å²) in [4.78, 5) is 25.7. The molecule has 2 aliphatic carbocycles. The Morgan fingerprint density at radius 3 is 2.23 bits per heavy atom. The van der Waals surface area contributed by atoms with Crippen LogP contribution < -0.4 is 11.4 Å². The fourth-order valence-electron chi connectivity index (χ4n) is 4.28. The molecule has 0 radical (unpaired) electrons. The molecule has 0 N–H and O–H groups in total. The van der Waals surface area contributed by atoms with Crippen LogP contribution in [-0.4, -0.2) is 13.9 Å². The number of para-hydroxylation sites is 1. The van der Waals surface area contributed by atoms with Crippen LogP contribution in [0.15, 0.2) is 63.7 Å². The Labute approximate surface area is 126 Å². The van der Waals surface area contributed by atoms with Gasteiger partial charge in [-0.1, -0.05) is 42.0 Å². The monoisotopic (exact) mass is 293 g/mol. The maximum atomic E-state index is 12.9. The van der Waals surface area contributed by atoms with Crippen LogP contribution >= 0.6 is 0 Å². The van der Waals surface area contributed by atoms with Gasteiger partial charge in [0, 0.05) is 11.8 Å². The zero-order valence-electron chi connectivity index (χ0n) is 12.1. The lowest BCUT2D eigenvalue weighted by molar-refractivity contribution is 0.126. The molecular formula is C17H15N3O2. The van der Waals surface area contributed by atoms with Crippen LogP contribution in [0.5, 0.6) is 0 Å². The van der Waals surface area contributed by atoms with Crippen LogP contribution in [0.25, 0.3) is 5.69 Å². The second-order valence-corrected chi connectivity index (χ2v) is 6.31. The minimum atomic E-state index is -0.244. The van der Waals surface area contributed by atoms with Crippen molar-refractivity contribution in [3.8, 4) is 5.69 Å². The fourth-order valence-corrected chi connectivity index (χ4v) is 4.28. The van der Waals surface area contributed by atoms with Gasteiger partial charge < -0.3 is 0 Å². The van der Waals surface area contributed by atoms with Crippen molar-refractivity contribution in [3.63, 3.8) is 0 Å². The molecule has 0 unspecified atom stereocenters. The molecule has 2 aliphatic heterocycles. The Morgan fingerprint density at radius 1 is 0.909 bits per heavy atom. The van der Waals surface area contributed by atoms with Gasteiger partial charge in [0.25, 0.3) is 0 Å². The molecule has 3 heterocycles. The minimum absolute atomic E-state index is 0.0369. The third-order valence-electron chi connectivity index (χ3n) is 5.25. The molecule has 4 atom stereocenters. The van der Waals surface area contributed by atoms with Crippen molar-refractivity contribution >= 4 is 0 Å².